The minimum Gasteiger partial charge on any atom is -0.353 e. The molecule has 0 aliphatic carbocycles. The Morgan fingerprint density at radius 1 is 1.00 bits per heavy atom. The summed E-state index contributed by atoms with van der Waals surface area (Å²) in [5.41, 5.74) is -0.247. The topological polar surface area (TPSA) is 46.2 Å². The summed E-state index contributed by atoms with van der Waals surface area (Å²) in [7, 11) is 0. The second-order valence-electron chi connectivity index (χ2n) is 6.25. The van der Waals surface area contributed by atoms with Crippen molar-refractivity contribution in [3.63, 3.8) is 0 Å². The van der Waals surface area contributed by atoms with Gasteiger partial charge in [-0.25, -0.2) is 0 Å². The van der Waals surface area contributed by atoms with Crippen molar-refractivity contribution in [3.8, 4) is 0 Å². The molecule has 1 rings (SSSR count). The summed E-state index contributed by atoms with van der Waals surface area (Å²) in [5, 5.41) is 3.84. The third-order valence-corrected chi connectivity index (χ3v) is 4.52. The number of unbranched alkanes of at least 4 members (excludes halogenated alkanes) is 5. The van der Waals surface area contributed by atoms with Crippen molar-refractivity contribution in [2.45, 2.75) is 51.6 Å². The van der Waals surface area contributed by atoms with Crippen LogP contribution in [0.5, 0.6) is 0 Å². The van der Waals surface area contributed by atoms with Gasteiger partial charge in [-0.05, 0) is 35.6 Å². The smallest absolute Gasteiger partial charge is 0.353 e. The fraction of sp³-hybridized carbons (Fsp3) is 0.429. The van der Waals surface area contributed by atoms with Crippen LogP contribution >= 0.6 is 11.8 Å². The first kappa shape index (κ1) is 24.0. The van der Waals surface area contributed by atoms with Gasteiger partial charge in [-0.2, -0.15) is 13.2 Å². The molecule has 0 atom stereocenters. The Bertz CT molecular complexity index is 667. The molecule has 3 nitrogen and oxygen atoms in total. The fourth-order valence-electron chi connectivity index (χ4n) is 2.33. The molecule has 0 unspecified atom stereocenters. The number of amides is 1. The van der Waals surface area contributed by atoms with Gasteiger partial charge in [0, 0.05) is 12.6 Å². The number of alkyl halides is 3. The van der Waals surface area contributed by atoms with E-state index >= 15 is 0 Å². The first-order valence-corrected chi connectivity index (χ1v) is 10.2. The third kappa shape index (κ3) is 11.0. The quantitative estimate of drug-likeness (QED) is 0.359. The molecule has 0 aromatic heterocycles. The van der Waals surface area contributed by atoms with Crippen LogP contribution in [0.15, 0.2) is 41.8 Å². The van der Waals surface area contributed by atoms with Crippen molar-refractivity contribution in [3.05, 3.63) is 53.0 Å². The molecule has 1 aromatic carbocycles. The summed E-state index contributed by atoms with van der Waals surface area (Å²) in [6.07, 6.45) is 6.48. The highest BCUT2D eigenvalue weighted by Gasteiger charge is 2.29. The van der Waals surface area contributed by atoms with Gasteiger partial charge in [-0.3, -0.25) is 9.59 Å². The van der Waals surface area contributed by atoms with Gasteiger partial charge in [0.25, 0.3) is 0 Å². The Labute approximate surface area is 168 Å². The molecule has 0 aliphatic heterocycles. The predicted octanol–water partition coefficient (Wildman–Crippen LogP) is 5.97. The van der Waals surface area contributed by atoms with Gasteiger partial charge >= 0.3 is 6.18 Å². The Balaban J connectivity index is 2.26. The lowest BCUT2D eigenvalue weighted by Gasteiger charge is -2.05. The molecule has 0 saturated heterocycles. The molecule has 1 amide bonds. The predicted molar refractivity (Wildman–Crippen MR) is 109 cm³/mol. The van der Waals surface area contributed by atoms with E-state index in [1.165, 1.54) is 61.5 Å². The standard InChI is InChI=1S/C21H26F3NO2S/c1-2-3-4-5-6-7-15-25-19(26)14-16-28-20(27)13-10-17-8-11-18(12-9-17)21(22,23)24/h8-14,16H,2-7,15H2,1H3,(H,25,26). The molecule has 28 heavy (non-hydrogen) atoms. The van der Waals surface area contributed by atoms with E-state index in [4.69, 9.17) is 0 Å². The molecular formula is C21H26F3NO2S. The number of rotatable bonds is 11. The lowest BCUT2D eigenvalue weighted by molar-refractivity contribution is -0.137. The summed E-state index contributed by atoms with van der Waals surface area (Å²) in [4.78, 5) is 23.3. The van der Waals surface area contributed by atoms with Crippen LogP contribution in [0.3, 0.4) is 0 Å². The molecule has 7 heteroatoms. The molecule has 0 heterocycles. The van der Waals surface area contributed by atoms with Gasteiger partial charge in [0.2, 0.25) is 11.0 Å². The Hall–Kier alpha value is -2.02. The van der Waals surface area contributed by atoms with Crippen molar-refractivity contribution in [2.75, 3.05) is 6.54 Å². The van der Waals surface area contributed by atoms with Gasteiger partial charge in [0.15, 0.2) is 0 Å². The fourth-order valence-corrected chi connectivity index (χ4v) is 2.80. The van der Waals surface area contributed by atoms with Crippen LogP contribution in [0.25, 0.3) is 6.08 Å². The molecule has 1 N–H and O–H groups in total. The van der Waals surface area contributed by atoms with Crippen LogP contribution in [-0.2, 0) is 15.8 Å². The molecule has 1 aromatic rings. The Morgan fingerprint density at radius 3 is 2.29 bits per heavy atom. The Morgan fingerprint density at radius 2 is 1.64 bits per heavy atom. The average Bonchev–Trinajstić information content (AvgIpc) is 2.65. The summed E-state index contributed by atoms with van der Waals surface area (Å²) >= 11 is 0.837. The summed E-state index contributed by atoms with van der Waals surface area (Å²) in [6.45, 7) is 2.78. The van der Waals surface area contributed by atoms with E-state index in [2.05, 4.69) is 12.2 Å². The third-order valence-electron chi connectivity index (χ3n) is 3.88. The van der Waals surface area contributed by atoms with E-state index in [1.807, 2.05) is 0 Å². The minimum absolute atomic E-state index is 0.249. The van der Waals surface area contributed by atoms with Crippen LogP contribution < -0.4 is 5.32 Å². The van der Waals surface area contributed by atoms with Crippen LogP contribution in [-0.4, -0.2) is 17.6 Å². The van der Waals surface area contributed by atoms with Crippen LogP contribution in [0.4, 0.5) is 13.2 Å². The maximum absolute atomic E-state index is 12.5. The van der Waals surface area contributed by atoms with Crippen molar-refractivity contribution < 1.29 is 22.8 Å². The number of carbonyl (C=O) groups excluding carboxylic acids is 2. The number of halogens is 3. The first-order valence-electron chi connectivity index (χ1n) is 9.33. The van der Waals surface area contributed by atoms with Gasteiger partial charge in [-0.15, -0.1) is 0 Å². The number of thioether (sulfide) groups is 1. The van der Waals surface area contributed by atoms with E-state index in [0.29, 0.717) is 12.1 Å². The highest BCUT2D eigenvalue weighted by Crippen LogP contribution is 2.29. The van der Waals surface area contributed by atoms with Gasteiger partial charge < -0.3 is 5.32 Å². The van der Waals surface area contributed by atoms with E-state index < -0.39 is 11.7 Å². The molecule has 0 fully saturated rings. The Kier molecular flexibility index (Phi) is 11.3. The number of benzene rings is 1. The number of hydrogen-bond acceptors (Lipinski definition) is 3. The number of nitrogens with one attached hydrogen (secondary N) is 1. The van der Waals surface area contributed by atoms with Gasteiger partial charge in [0.05, 0.1) is 5.56 Å². The van der Waals surface area contributed by atoms with E-state index in [1.54, 1.807) is 0 Å². The van der Waals surface area contributed by atoms with Crippen molar-refractivity contribution in [2.24, 2.45) is 0 Å². The highest BCUT2D eigenvalue weighted by atomic mass is 32.2. The largest absolute Gasteiger partial charge is 0.416 e. The average molecular weight is 414 g/mol. The summed E-state index contributed by atoms with van der Waals surface area (Å²) in [5.74, 6) is -0.249. The van der Waals surface area contributed by atoms with Crippen LogP contribution in [0.1, 0.15) is 56.6 Å². The van der Waals surface area contributed by atoms with Gasteiger partial charge in [-0.1, -0.05) is 69.0 Å². The first-order chi connectivity index (χ1) is 13.3. The van der Waals surface area contributed by atoms with Crippen molar-refractivity contribution >= 4 is 28.9 Å². The zero-order valence-corrected chi connectivity index (χ0v) is 16.7. The zero-order chi connectivity index (χ0) is 20.8. The zero-order valence-electron chi connectivity index (χ0n) is 15.9. The molecule has 0 aliphatic rings. The molecule has 0 spiro atoms. The van der Waals surface area contributed by atoms with Crippen LogP contribution in [0.2, 0.25) is 0 Å². The number of carbonyl (C=O) groups is 2. The van der Waals surface area contributed by atoms with E-state index in [0.717, 1.165) is 36.7 Å². The van der Waals surface area contributed by atoms with E-state index in [9.17, 15) is 22.8 Å². The van der Waals surface area contributed by atoms with Gasteiger partial charge in [0.1, 0.15) is 0 Å². The van der Waals surface area contributed by atoms with Crippen LogP contribution in [0, 0.1) is 0 Å². The second kappa shape index (κ2) is 13.2. The van der Waals surface area contributed by atoms with Crippen molar-refractivity contribution in [1.82, 2.24) is 5.32 Å². The summed E-state index contributed by atoms with van der Waals surface area (Å²) in [6, 6.07) is 4.52. The normalized spacial score (nSPS) is 12.0. The monoisotopic (exact) mass is 413 g/mol. The summed E-state index contributed by atoms with van der Waals surface area (Å²) < 4.78 is 37.4. The second-order valence-corrected chi connectivity index (χ2v) is 7.16. The molecule has 154 valence electrons. The maximum atomic E-state index is 12.5. The molecule has 0 radical (unpaired) electrons. The lowest BCUT2D eigenvalue weighted by atomic mass is 10.1. The SMILES string of the molecule is CCCCCCCCNC(=O)C=CSC(=O)C=Cc1ccc(C(F)(F)F)cc1. The highest BCUT2D eigenvalue weighted by molar-refractivity contribution is 8.16. The number of hydrogen-bond donors (Lipinski definition) is 1. The maximum Gasteiger partial charge on any atom is 0.416 e. The molecular weight excluding hydrogens is 387 g/mol. The molecule has 0 saturated carbocycles. The van der Waals surface area contributed by atoms with Crippen molar-refractivity contribution in [1.29, 1.82) is 0 Å². The lowest BCUT2D eigenvalue weighted by Crippen LogP contribution is -2.21. The van der Waals surface area contributed by atoms with E-state index in [-0.39, 0.29) is 11.0 Å². The molecule has 0 bridgehead atoms. The minimum atomic E-state index is -4.38.